The van der Waals surface area contributed by atoms with E-state index in [1.54, 1.807) is 0 Å². The molecule has 6 nitrogen and oxygen atoms in total. The summed E-state index contributed by atoms with van der Waals surface area (Å²) in [6.45, 7) is 6.92. The summed E-state index contributed by atoms with van der Waals surface area (Å²) in [6.07, 6.45) is 2.44. The van der Waals surface area contributed by atoms with Gasteiger partial charge < -0.3 is 20.3 Å². The third kappa shape index (κ3) is 7.19. The van der Waals surface area contributed by atoms with Crippen molar-refractivity contribution in [1.82, 2.24) is 10.2 Å². The van der Waals surface area contributed by atoms with E-state index in [4.69, 9.17) is 4.74 Å². The third-order valence-corrected chi connectivity index (χ3v) is 4.05. The fourth-order valence-corrected chi connectivity index (χ4v) is 2.95. The molecule has 1 fully saturated rings. The second kappa shape index (κ2) is 11.3. The van der Waals surface area contributed by atoms with E-state index in [0.717, 1.165) is 49.7 Å². The average Bonchev–Trinajstić information content (AvgIpc) is 2.57. The number of nitrogens with zero attached hydrogens (tertiary/aromatic N) is 2. The van der Waals surface area contributed by atoms with Gasteiger partial charge in [0.1, 0.15) is 0 Å². The van der Waals surface area contributed by atoms with Crippen molar-refractivity contribution in [2.24, 2.45) is 4.99 Å². The molecule has 0 atom stereocenters. The van der Waals surface area contributed by atoms with Crippen LogP contribution >= 0.6 is 24.0 Å². The molecule has 1 aromatic carbocycles. The van der Waals surface area contributed by atoms with E-state index >= 15 is 0 Å². The molecule has 2 rings (SSSR count). The first-order valence-electron chi connectivity index (χ1n) is 8.56. The lowest BCUT2D eigenvalue weighted by molar-refractivity contribution is -0.114. The summed E-state index contributed by atoms with van der Waals surface area (Å²) in [5, 5.41) is 6.21. The second-order valence-electron chi connectivity index (χ2n) is 5.92. The molecule has 1 heterocycles. The smallest absolute Gasteiger partial charge is 0.221 e. The minimum Gasteiger partial charge on any atom is -0.378 e. The van der Waals surface area contributed by atoms with Gasteiger partial charge in [0.25, 0.3) is 0 Å². The van der Waals surface area contributed by atoms with Crippen molar-refractivity contribution < 1.29 is 9.53 Å². The number of aliphatic imine (C=N–C) groups is 1. The van der Waals surface area contributed by atoms with Crippen LogP contribution in [0.15, 0.2) is 29.3 Å². The third-order valence-electron chi connectivity index (χ3n) is 4.05. The van der Waals surface area contributed by atoms with Crippen LogP contribution in [0.25, 0.3) is 0 Å². The number of nitrogens with one attached hydrogen (secondary N) is 2. The topological polar surface area (TPSA) is 66.0 Å². The number of halogens is 1. The Morgan fingerprint density at radius 3 is 2.68 bits per heavy atom. The maximum Gasteiger partial charge on any atom is 0.221 e. The minimum atomic E-state index is -0.0620. The first kappa shape index (κ1) is 21.7. The molecule has 0 saturated carbocycles. The first-order valence-corrected chi connectivity index (χ1v) is 8.56. The van der Waals surface area contributed by atoms with Crippen LogP contribution in [0.1, 0.15) is 32.3 Å². The Bertz CT molecular complexity index is 572. The molecule has 1 amide bonds. The van der Waals surface area contributed by atoms with Gasteiger partial charge in [-0.05, 0) is 37.5 Å². The van der Waals surface area contributed by atoms with Gasteiger partial charge in [-0.25, -0.2) is 0 Å². The van der Waals surface area contributed by atoms with Crippen LogP contribution in [0.3, 0.4) is 0 Å². The Labute approximate surface area is 167 Å². The number of rotatable bonds is 5. The van der Waals surface area contributed by atoms with Crippen molar-refractivity contribution in [1.29, 1.82) is 0 Å². The van der Waals surface area contributed by atoms with E-state index in [9.17, 15) is 4.79 Å². The van der Waals surface area contributed by atoms with Crippen LogP contribution in [0.4, 0.5) is 5.69 Å². The summed E-state index contributed by atoms with van der Waals surface area (Å²) in [6, 6.07) is 7.84. The predicted molar refractivity (Wildman–Crippen MR) is 113 cm³/mol. The Hall–Kier alpha value is -1.35. The number of carbonyl (C=O) groups is 1. The molecule has 25 heavy (non-hydrogen) atoms. The van der Waals surface area contributed by atoms with E-state index in [-0.39, 0.29) is 29.9 Å². The number of hydrogen-bond donors (Lipinski definition) is 2. The van der Waals surface area contributed by atoms with Gasteiger partial charge in [0.15, 0.2) is 5.96 Å². The molecule has 0 unspecified atom stereocenters. The van der Waals surface area contributed by atoms with Crippen molar-refractivity contribution in [2.45, 2.75) is 39.3 Å². The van der Waals surface area contributed by atoms with Gasteiger partial charge in [-0.15, -0.1) is 24.0 Å². The monoisotopic (exact) mass is 460 g/mol. The van der Waals surface area contributed by atoms with E-state index in [2.05, 4.69) is 20.5 Å². The number of benzene rings is 1. The summed E-state index contributed by atoms with van der Waals surface area (Å²) in [5.74, 6) is 0.850. The molecular formula is C18H29IN4O2. The van der Waals surface area contributed by atoms with Crippen molar-refractivity contribution in [3.8, 4) is 0 Å². The van der Waals surface area contributed by atoms with Gasteiger partial charge in [-0.2, -0.15) is 0 Å². The summed E-state index contributed by atoms with van der Waals surface area (Å²) in [5.41, 5.74) is 1.92. The molecule has 1 aromatic rings. The second-order valence-corrected chi connectivity index (χ2v) is 5.92. The van der Waals surface area contributed by atoms with Crippen LogP contribution < -0.4 is 10.6 Å². The van der Waals surface area contributed by atoms with Crippen LogP contribution in [0, 0.1) is 0 Å². The maximum absolute atomic E-state index is 11.2. The van der Waals surface area contributed by atoms with Gasteiger partial charge >= 0.3 is 0 Å². The summed E-state index contributed by atoms with van der Waals surface area (Å²) in [7, 11) is 1.81. The number of carbonyl (C=O) groups excluding carboxylic acids is 1. The molecule has 0 bridgehead atoms. The number of piperidine rings is 1. The van der Waals surface area contributed by atoms with Crippen LogP contribution in [0.2, 0.25) is 0 Å². The predicted octanol–water partition coefficient (Wildman–Crippen LogP) is 2.84. The van der Waals surface area contributed by atoms with Crippen molar-refractivity contribution in [2.75, 3.05) is 32.1 Å². The number of anilines is 1. The molecule has 0 spiro atoms. The van der Waals surface area contributed by atoms with E-state index in [1.807, 2.05) is 38.2 Å². The number of guanidine groups is 1. The van der Waals surface area contributed by atoms with Gasteiger partial charge in [0, 0.05) is 45.9 Å². The first-order chi connectivity index (χ1) is 11.6. The summed E-state index contributed by atoms with van der Waals surface area (Å²) >= 11 is 0. The quantitative estimate of drug-likeness (QED) is 0.403. The SMILES string of the molecule is CCOC1CCN(C(=NC)NCc2cccc(NC(C)=O)c2)CC1.I. The number of likely N-dealkylation sites (tertiary alicyclic amines) is 1. The highest BCUT2D eigenvalue weighted by atomic mass is 127. The lowest BCUT2D eigenvalue weighted by Gasteiger charge is -2.34. The molecule has 0 aromatic heterocycles. The number of hydrogen-bond acceptors (Lipinski definition) is 3. The lowest BCUT2D eigenvalue weighted by atomic mass is 10.1. The van der Waals surface area contributed by atoms with E-state index in [1.165, 1.54) is 6.92 Å². The van der Waals surface area contributed by atoms with E-state index in [0.29, 0.717) is 12.6 Å². The molecule has 7 heteroatoms. The average molecular weight is 460 g/mol. The minimum absolute atomic E-state index is 0. The standard InChI is InChI=1S/C18H28N4O2.HI/c1-4-24-17-8-10-22(11-9-17)18(19-3)20-13-15-6-5-7-16(12-15)21-14(2)23;/h5-7,12,17H,4,8-11,13H2,1-3H3,(H,19,20)(H,21,23);1H. The molecular weight excluding hydrogens is 431 g/mol. The molecule has 0 aliphatic carbocycles. The number of ether oxygens (including phenoxy) is 1. The molecule has 2 N–H and O–H groups in total. The fourth-order valence-electron chi connectivity index (χ4n) is 2.95. The Morgan fingerprint density at radius 1 is 1.36 bits per heavy atom. The normalized spacial score (nSPS) is 15.5. The highest BCUT2D eigenvalue weighted by molar-refractivity contribution is 14.0. The summed E-state index contributed by atoms with van der Waals surface area (Å²) in [4.78, 5) is 17.8. The highest BCUT2D eigenvalue weighted by Gasteiger charge is 2.21. The Morgan fingerprint density at radius 2 is 2.08 bits per heavy atom. The zero-order valence-electron chi connectivity index (χ0n) is 15.2. The zero-order valence-corrected chi connectivity index (χ0v) is 17.6. The largest absolute Gasteiger partial charge is 0.378 e. The molecule has 0 radical (unpaired) electrons. The molecule has 140 valence electrons. The maximum atomic E-state index is 11.2. The Balaban J connectivity index is 0.00000312. The zero-order chi connectivity index (χ0) is 17.4. The van der Waals surface area contributed by atoms with Gasteiger partial charge in [-0.1, -0.05) is 12.1 Å². The molecule has 1 aliphatic heterocycles. The molecule has 1 aliphatic rings. The van der Waals surface area contributed by atoms with Crippen LogP contribution in [-0.4, -0.2) is 49.6 Å². The Kier molecular flexibility index (Phi) is 9.81. The molecule has 1 saturated heterocycles. The van der Waals surface area contributed by atoms with Crippen molar-refractivity contribution in [3.63, 3.8) is 0 Å². The van der Waals surface area contributed by atoms with Crippen LogP contribution in [-0.2, 0) is 16.1 Å². The summed E-state index contributed by atoms with van der Waals surface area (Å²) < 4.78 is 5.70. The van der Waals surface area contributed by atoms with Gasteiger partial charge in [0.05, 0.1) is 6.10 Å². The lowest BCUT2D eigenvalue weighted by Crippen LogP contribution is -2.46. The number of amides is 1. The van der Waals surface area contributed by atoms with Gasteiger partial charge in [-0.3, -0.25) is 9.79 Å². The van der Waals surface area contributed by atoms with E-state index < -0.39 is 0 Å². The van der Waals surface area contributed by atoms with Crippen molar-refractivity contribution >= 4 is 41.5 Å². The highest BCUT2D eigenvalue weighted by Crippen LogP contribution is 2.14. The van der Waals surface area contributed by atoms with Crippen molar-refractivity contribution in [3.05, 3.63) is 29.8 Å². The fraction of sp³-hybridized carbons (Fsp3) is 0.556. The van der Waals surface area contributed by atoms with Crippen LogP contribution in [0.5, 0.6) is 0 Å². The van der Waals surface area contributed by atoms with Gasteiger partial charge in [0.2, 0.25) is 5.91 Å².